The van der Waals surface area contributed by atoms with Crippen LogP contribution in [-0.4, -0.2) is 20.8 Å². The van der Waals surface area contributed by atoms with E-state index >= 15 is 0 Å². The van der Waals surface area contributed by atoms with Gasteiger partial charge in [-0.3, -0.25) is 0 Å². The number of anilines is 1. The molecule has 0 aliphatic rings. The quantitative estimate of drug-likeness (QED) is 0.833. The molecular formula is C16H19NO3S. The van der Waals surface area contributed by atoms with Gasteiger partial charge in [0.05, 0.1) is 11.5 Å². The van der Waals surface area contributed by atoms with Crippen molar-refractivity contribution in [1.82, 2.24) is 0 Å². The van der Waals surface area contributed by atoms with Crippen molar-refractivity contribution in [2.75, 3.05) is 18.1 Å². The molecule has 2 N–H and O–H groups in total. The van der Waals surface area contributed by atoms with E-state index in [1.807, 2.05) is 31.2 Å². The van der Waals surface area contributed by atoms with Crippen LogP contribution >= 0.6 is 0 Å². The molecule has 2 aromatic rings. The fraction of sp³-hybridized carbons (Fsp3) is 0.250. The topological polar surface area (TPSA) is 69.4 Å². The highest BCUT2D eigenvalue weighted by atomic mass is 32.2. The lowest BCUT2D eigenvalue weighted by atomic mass is 10.2. The summed E-state index contributed by atoms with van der Waals surface area (Å²) in [4.78, 5) is 0. The van der Waals surface area contributed by atoms with Gasteiger partial charge in [0.15, 0.2) is 9.84 Å². The Labute approximate surface area is 125 Å². The van der Waals surface area contributed by atoms with Gasteiger partial charge in [-0.25, -0.2) is 8.42 Å². The lowest BCUT2D eigenvalue weighted by Crippen LogP contribution is -2.16. The van der Waals surface area contributed by atoms with E-state index in [1.54, 1.807) is 24.3 Å². The van der Waals surface area contributed by atoms with E-state index < -0.39 is 9.84 Å². The number of hydrogen-bond acceptors (Lipinski definition) is 4. The van der Waals surface area contributed by atoms with Crippen molar-refractivity contribution in [3.05, 3.63) is 59.7 Å². The van der Waals surface area contributed by atoms with E-state index in [0.29, 0.717) is 11.4 Å². The summed E-state index contributed by atoms with van der Waals surface area (Å²) < 4.78 is 29.5. The Bertz CT molecular complexity index is 676. The van der Waals surface area contributed by atoms with E-state index in [-0.39, 0.29) is 18.1 Å². The number of nitrogens with two attached hydrogens (primary N) is 1. The standard InChI is InChI=1S/C16H19NO3S/c1-13-2-8-16(9-3-13)20-10-11-21(18,19)12-14-4-6-15(17)7-5-14/h2-9H,10-12,17H2,1H3. The van der Waals surface area contributed by atoms with E-state index in [0.717, 1.165) is 11.1 Å². The van der Waals surface area contributed by atoms with E-state index in [9.17, 15) is 8.42 Å². The number of rotatable bonds is 6. The summed E-state index contributed by atoms with van der Waals surface area (Å²) in [5, 5.41) is 0. The Morgan fingerprint density at radius 2 is 1.62 bits per heavy atom. The maximum atomic E-state index is 12.0. The van der Waals surface area contributed by atoms with Crippen LogP contribution < -0.4 is 10.5 Å². The third kappa shape index (κ3) is 5.11. The highest BCUT2D eigenvalue weighted by Gasteiger charge is 2.12. The number of nitrogen functional groups attached to an aromatic ring is 1. The van der Waals surface area contributed by atoms with Gasteiger partial charge in [-0.05, 0) is 36.8 Å². The molecule has 4 nitrogen and oxygen atoms in total. The summed E-state index contributed by atoms with van der Waals surface area (Å²) in [6.07, 6.45) is 0. The molecule has 0 spiro atoms. The predicted octanol–water partition coefficient (Wildman–Crippen LogP) is 2.57. The molecule has 0 saturated carbocycles. The summed E-state index contributed by atoms with van der Waals surface area (Å²) in [6, 6.07) is 14.4. The molecule has 0 heterocycles. The highest BCUT2D eigenvalue weighted by molar-refractivity contribution is 7.90. The Kier molecular flexibility index (Phi) is 4.85. The predicted molar refractivity (Wildman–Crippen MR) is 85.0 cm³/mol. The number of sulfone groups is 1. The monoisotopic (exact) mass is 305 g/mol. The zero-order chi connectivity index (χ0) is 15.3. The molecule has 112 valence electrons. The van der Waals surface area contributed by atoms with Gasteiger partial charge in [-0.15, -0.1) is 0 Å². The summed E-state index contributed by atoms with van der Waals surface area (Å²) in [5.41, 5.74) is 8.07. The molecule has 0 radical (unpaired) electrons. The molecule has 2 aromatic carbocycles. The maximum Gasteiger partial charge on any atom is 0.157 e. The van der Waals surface area contributed by atoms with E-state index in [4.69, 9.17) is 10.5 Å². The molecule has 0 bridgehead atoms. The van der Waals surface area contributed by atoms with Crippen LogP contribution in [0.1, 0.15) is 11.1 Å². The third-order valence-corrected chi connectivity index (χ3v) is 4.61. The van der Waals surface area contributed by atoms with Crippen LogP contribution in [0.2, 0.25) is 0 Å². The molecule has 0 saturated heterocycles. The minimum atomic E-state index is -3.19. The molecule has 2 rings (SSSR count). The molecule has 0 aliphatic carbocycles. The molecule has 0 amide bonds. The van der Waals surface area contributed by atoms with Gasteiger partial charge in [0.1, 0.15) is 12.4 Å². The van der Waals surface area contributed by atoms with Gasteiger partial charge in [0.25, 0.3) is 0 Å². The van der Waals surface area contributed by atoms with Crippen molar-refractivity contribution in [1.29, 1.82) is 0 Å². The first-order valence-corrected chi connectivity index (χ1v) is 8.51. The zero-order valence-corrected chi connectivity index (χ0v) is 12.8. The Hall–Kier alpha value is -2.01. The van der Waals surface area contributed by atoms with Crippen LogP contribution in [0.4, 0.5) is 5.69 Å². The number of aryl methyl sites for hydroxylation is 1. The van der Waals surface area contributed by atoms with Gasteiger partial charge >= 0.3 is 0 Å². The molecule has 0 aromatic heterocycles. The van der Waals surface area contributed by atoms with Crippen molar-refractivity contribution in [2.45, 2.75) is 12.7 Å². The summed E-state index contributed by atoms with van der Waals surface area (Å²) >= 11 is 0. The van der Waals surface area contributed by atoms with Crippen molar-refractivity contribution in [3.8, 4) is 5.75 Å². The molecule has 0 aliphatic heterocycles. The number of ether oxygens (including phenoxy) is 1. The van der Waals surface area contributed by atoms with Crippen LogP contribution in [0.15, 0.2) is 48.5 Å². The Morgan fingerprint density at radius 1 is 1.00 bits per heavy atom. The normalized spacial score (nSPS) is 11.3. The largest absolute Gasteiger partial charge is 0.493 e. The van der Waals surface area contributed by atoms with Crippen LogP contribution in [0.3, 0.4) is 0 Å². The summed E-state index contributed by atoms with van der Waals surface area (Å²) in [7, 11) is -3.19. The number of hydrogen-bond donors (Lipinski definition) is 1. The van der Waals surface area contributed by atoms with Crippen molar-refractivity contribution in [2.24, 2.45) is 0 Å². The van der Waals surface area contributed by atoms with Gasteiger partial charge < -0.3 is 10.5 Å². The van der Waals surface area contributed by atoms with Crippen molar-refractivity contribution >= 4 is 15.5 Å². The second-order valence-corrected chi connectivity index (χ2v) is 7.18. The molecular weight excluding hydrogens is 286 g/mol. The lowest BCUT2D eigenvalue weighted by Gasteiger charge is -2.08. The molecule has 0 fully saturated rings. The minimum Gasteiger partial charge on any atom is -0.493 e. The van der Waals surface area contributed by atoms with Crippen LogP contribution in [0.25, 0.3) is 0 Å². The Balaban J connectivity index is 1.86. The van der Waals surface area contributed by atoms with Gasteiger partial charge in [-0.1, -0.05) is 29.8 Å². The smallest absolute Gasteiger partial charge is 0.157 e. The SMILES string of the molecule is Cc1ccc(OCCS(=O)(=O)Cc2ccc(N)cc2)cc1. The van der Waals surface area contributed by atoms with Crippen molar-refractivity contribution in [3.63, 3.8) is 0 Å². The first-order valence-electron chi connectivity index (χ1n) is 6.69. The Morgan fingerprint density at radius 3 is 2.24 bits per heavy atom. The summed E-state index contributed by atoms with van der Waals surface area (Å²) in [5.74, 6) is 0.679. The summed E-state index contributed by atoms with van der Waals surface area (Å²) in [6.45, 7) is 2.14. The maximum absolute atomic E-state index is 12.0. The molecule has 0 atom stereocenters. The fourth-order valence-corrected chi connectivity index (χ4v) is 3.04. The van der Waals surface area contributed by atoms with Crippen LogP contribution in [0, 0.1) is 6.92 Å². The average Bonchev–Trinajstić information content (AvgIpc) is 2.43. The highest BCUT2D eigenvalue weighted by Crippen LogP contribution is 2.13. The second kappa shape index (κ2) is 6.63. The molecule has 0 unspecified atom stereocenters. The second-order valence-electron chi connectivity index (χ2n) is 5.00. The van der Waals surface area contributed by atoms with Gasteiger partial charge in [0.2, 0.25) is 0 Å². The van der Waals surface area contributed by atoms with E-state index in [2.05, 4.69) is 0 Å². The van der Waals surface area contributed by atoms with Crippen LogP contribution in [-0.2, 0) is 15.6 Å². The van der Waals surface area contributed by atoms with E-state index in [1.165, 1.54) is 0 Å². The average molecular weight is 305 g/mol. The molecule has 21 heavy (non-hydrogen) atoms. The number of benzene rings is 2. The van der Waals surface area contributed by atoms with Crippen LogP contribution in [0.5, 0.6) is 5.75 Å². The first kappa shape index (κ1) is 15.4. The molecule has 5 heteroatoms. The zero-order valence-electron chi connectivity index (χ0n) is 12.0. The fourth-order valence-electron chi connectivity index (χ4n) is 1.86. The van der Waals surface area contributed by atoms with Gasteiger partial charge in [0, 0.05) is 5.69 Å². The minimum absolute atomic E-state index is 0.00450. The first-order chi connectivity index (χ1) is 9.94. The lowest BCUT2D eigenvalue weighted by molar-refractivity contribution is 0.340. The van der Waals surface area contributed by atoms with Crippen molar-refractivity contribution < 1.29 is 13.2 Å². The van der Waals surface area contributed by atoms with Gasteiger partial charge in [-0.2, -0.15) is 0 Å². The third-order valence-electron chi connectivity index (χ3n) is 3.05.